The van der Waals surface area contributed by atoms with Crippen LogP contribution in [0, 0.1) is 10.1 Å². The van der Waals surface area contributed by atoms with Gasteiger partial charge in [-0.1, -0.05) is 29.4 Å². The first-order valence-electron chi connectivity index (χ1n) is 5.88. The van der Waals surface area contributed by atoms with E-state index >= 15 is 0 Å². The first-order chi connectivity index (χ1) is 9.95. The zero-order valence-electron chi connectivity index (χ0n) is 10.7. The lowest BCUT2D eigenvalue weighted by molar-refractivity contribution is -0.385. The number of benzene rings is 2. The Labute approximate surface area is 129 Å². The third-order valence-electron chi connectivity index (χ3n) is 2.64. The highest BCUT2D eigenvalue weighted by molar-refractivity contribution is 7.99. The maximum Gasteiger partial charge on any atom is 0.308 e. The van der Waals surface area contributed by atoms with Gasteiger partial charge in [0, 0.05) is 26.4 Å². The average Bonchev–Trinajstić information content (AvgIpc) is 2.42. The molecule has 0 spiro atoms. The number of nitro groups is 1. The minimum Gasteiger partial charge on any atom is -0.481 e. The van der Waals surface area contributed by atoms with Gasteiger partial charge in [0.05, 0.1) is 11.3 Å². The SMILES string of the molecule is O=C(O)Cc1ccc(Sc2ccc(Cl)cc2)cc1[N+](=O)[O-]. The summed E-state index contributed by atoms with van der Waals surface area (Å²) in [6, 6.07) is 11.6. The molecule has 2 aromatic rings. The van der Waals surface area contributed by atoms with Gasteiger partial charge in [0.25, 0.3) is 5.69 Å². The molecule has 0 amide bonds. The molecule has 0 saturated heterocycles. The Bertz CT molecular complexity index is 688. The highest BCUT2D eigenvalue weighted by Gasteiger charge is 2.17. The van der Waals surface area contributed by atoms with E-state index in [1.54, 1.807) is 18.2 Å². The first kappa shape index (κ1) is 15.3. The predicted octanol–water partition coefficient (Wildman–Crippen LogP) is 4.03. The Morgan fingerprint density at radius 2 is 1.81 bits per heavy atom. The molecule has 0 aliphatic carbocycles. The van der Waals surface area contributed by atoms with Crippen molar-refractivity contribution in [2.24, 2.45) is 0 Å². The molecule has 0 aliphatic heterocycles. The molecule has 108 valence electrons. The molecular formula is C14H10ClNO4S. The smallest absolute Gasteiger partial charge is 0.308 e. The number of rotatable bonds is 5. The van der Waals surface area contributed by atoms with Gasteiger partial charge in [-0.3, -0.25) is 14.9 Å². The Kier molecular flexibility index (Phi) is 4.82. The van der Waals surface area contributed by atoms with Gasteiger partial charge >= 0.3 is 5.97 Å². The number of aliphatic carboxylic acids is 1. The summed E-state index contributed by atoms with van der Waals surface area (Å²) >= 11 is 7.14. The Morgan fingerprint density at radius 3 is 2.38 bits per heavy atom. The molecule has 21 heavy (non-hydrogen) atoms. The molecule has 7 heteroatoms. The van der Waals surface area contributed by atoms with E-state index in [4.69, 9.17) is 16.7 Å². The second-order valence-corrected chi connectivity index (χ2v) is 5.76. The van der Waals surface area contributed by atoms with E-state index in [9.17, 15) is 14.9 Å². The van der Waals surface area contributed by atoms with E-state index in [1.807, 2.05) is 12.1 Å². The van der Waals surface area contributed by atoms with E-state index in [0.29, 0.717) is 9.92 Å². The summed E-state index contributed by atoms with van der Waals surface area (Å²) in [5.41, 5.74) is 0.00400. The lowest BCUT2D eigenvalue weighted by Crippen LogP contribution is -2.03. The van der Waals surface area contributed by atoms with Crippen LogP contribution in [0.4, 0.5) is 5.69 Å². The summed E-state index contributed by atoms with van der Waals surface area (Å²) in [5.74, 6) is -1.10. The summed E-state index contributed by atoms with van der Waals surface area (Å²) in [6.45, 7) is 0. The molecule has 0 unspecified atom stereocenters. The molecular weight excluding hydrogens is 314 g/mol. The normalized spacial score (nSPS) is 10.3. The van der Waals surface area contributed by atoms with Crippen LogP contribution in [-0.2, 0) is 11.2 Å². The molecule has 1 N–H and O–H groups in total. The zero-order chi connectivity index (χ0) is 15.4. The van der Waals surface area contributed by atoms with Crippen LogP contribution in [-0.4, -0.2) is 16.0 Å². The molecule has 0 heterocycles. The molecule has 0 atom stereocenters. The third-order valence-corrected chi connectivity index (χ3v) is 3.89. The maximum atomic E-state index is 11.0. The minimum absolute atomic E-state index is 0.184. The summed E-state index contributed by atoms with van der Waals surface area (Å²) in [6.07, 6.45) is -0.373. The highest BCUT2D eigenvalue weighted by atomic mass is 35.5. The van der Waals surface area contributed by atoms with Gasteiger partial charge in [-0.05, 0) is 30.3 Å². The zero-order valence-corrected chi connectivity index (χ0v) is 12.2. The van der Waals surface area contributed by atoms with Gasteiger partial charge in [-0.25, -0.2) is 0 Å². The first-order valence-corrected chi connectivity index (χ1v) is 7.07. The van der Waals surface area contributed by atoms with Crippen LogP contribution < -0.4 is 0 Å². The molecule has 2 rings (SSSR count). The number of hydrogen-bond donors (Lipinski definition) is 1. The third kappa shape index (κ3) is 4.21. The molecule has 2 aromatic carbocycles. The minimum atomic E-state index is -1.10. The van der Waals surface area contributed by atoms with E-state index in [2.05, 4.69) is 0 Å². The van der Waals surface area contributed by atoms with Crippen molar-refractivity contribution in [1.29, 1.82) is 0 Å². The monoisotopic (exact) mass is 323 g/mol. The number of hydrogen-bond acceptors (Lipinski definition) is 4. The van der Waals surface area contributed by atoms with Crippen LogP contribution in [0.5, 0.6) is 0 Å². The molecule has 0 aliphatic rings. The van der Waals surface area contributed by atoms with E-state index in [1.165, 1.54) is 23.9 Å². The van der Waals surface area contributed by atoms with Gasteiger partial charge in [0.15, 0.2) is 0 Å². The van der Waals surface area contributed by atoms with Crippen molar-refractivity contribution in [3.8, 4) is 0 Å². The molecule has 5 nitrogen and oxygen atoms in total. The summed E-state index contributed by atoms with van der Waals surface area (Å²) < 4.78 is 0. The molecule has 0 fully saturated rings. The Hall–Kier alpha value is -2.05. The molecule has 0 aromatic heterocycles. The number of carbonyl (C=O) groups is 1. The van der Waals surface area contributed by atoms with Crippen LogP contribution in [0.2, 0.25) is 5.02 Å². The van der Waals surface area contributed by atoms with Crippen LogP contribution in [0.25, 0.3) is 0 Å². The fourth-order valence-electron chi connectivity index (χ4n) is 1.73. The van der Waals surface area contributed by atoms with Crippen LogP contribution in [0.3, 0.4) is 0 Å². The lowest BCUT2D eigenvalue weighted by Gasteiger charge is -2.05. The maximum absolute atomic E-state index is 11.0. The topological polar surface area (TPSA) is 80.4 Å². The van der Waals surface area contributed by atoms with E-state index in [-0.39, 0.29) is 17.7 Å². The molecule has 0 bridgehead atoms. The van der Waals surface area contributed by atoms with E-state index in [0.717, 1.165) is 4.90 Å². The van der Waals surface area contributed by atoms with Crippen molar-refractivity contribution < 1.29 is 14.8 Å². The van der Waals surface area contributed by atoms with Crippen LogP contribution in [0.15, 0.2) is 52.3 Å². The van der Waals surface area contributed by atoms with Crippen molar-refractivity contribution in [3.05, 3.63) is 63.2 Å². The van der Waals surface area contributed by atoms with Gasteiger partial charge in [-0.15, -0.1) is 0 Å². The van der Waals surface area contributed by atoms with Crippen LogP contribution in [0.1, 0.15) is 5.56 Å². The van der Waals surface area contributed by atoms with E-state index < -0.39 is 10.9 Å². The highest BCUT2D eigenvalue weighted by Crippen LogP contribution is 2.32. The van der Waals surface area contributed by atoms with Crippen molar-refractivity contribution >= 4 is 35.0 Å². The molecule has 0 saturated carbocycles. The van der Waals surface area contributed by atoms with Crippen molar-refractivity contribution in [1.82, 2.24) is 0 Å². The largest absolute Gasteiger partial charge is 0.481 e. The second-order valence-electron chi connectivity index (χ2n) is 4.17. The fourth-order valence-corrected chi connectivity index (χ4v) is 2.71. The van der Waals surface area contributed by atoms with Crippen molar-refractivity contribution in [2.75, 3.05) is 0 Å². The summed E-state index contributed by atoms with van der Waals surface area (Å²) in [5, 5.41) is 20.4. The van der Waals surface area contributed by atoms with Crippen molar-refractivity contribution in [3.63, 3.8) is 0 Å². The van der Waals surface area contributed by atoms with Gasteiger partial charge in [0.1, 0.15) is 0 Å². The van der Waals surface area contributed by atoms with Gasteiger partial charge in [0.2, 0.25) is 0 Å². The van der Waals surface area contributed by atoms with Crippen LogP contribution >= 0.6 is 23.4 Å². The predicted molar refractivity (Wildman–Crippen MR) is 80.0 cm³/mol. The quantitative estimate of drug-likeness (QED) is 0.663. The standard InChI is InChI=1S/C14H10ClNO4S/c15-10-2-5-11(6-3-10)21-12-4-1-9(7-14(17)18)13(8-12)16(19)20/h1-6,8H,7H2,(H,17,18). The average molecular weight is 324 g/mol. The second kappa shape index (κ2) is 6.60. The van der Waals surface area contributed by atoms with Gasteiger partial charge < -0.3 is 5.11 Å². The number of carboxylic acid groups (broad SMARTS) is 1. The number of carboxylic acids is 1. The summed E-state index contributed by atoms with van der Waals surface area (Å²) in [4.78, 5) is 22.7. The number of nitro benzene ring substituents is 1. The Balaban J connectivity index is 2.29. The number of halogens is 1. The van der Waals surface area contributed by atoms with Crippen molar-refractivity contribution in [2.45, 2.75) is 16.2 Å². The number of nitrogens with zero attached hydrogens (tertiary/aromatic N) is 1. The van der Waals surface area contributed by atoms with Gasteiger partial charge in [-0.2, -0.15) is 0 Å². The fraction of sp³-hybridized carbons (Fsp3) is 0.0714. The lowest BCUT2D eigenvalue weighted by atomic mass is 10.1. The summed E-state index contributed by atoms with van der Waals surface area (Å²) in [7, 11) is 0. The Morgan fingerprint density at radius 1 is 1.19 bits per heavy atom. The molecule has 0 radical (unpaired) electrons.